The molecule has 0 bridgehead atoms. The highest BCUT2D eigenvalue weighted by atomic mass is 16.5. The van der Waals surface area contributed by atoms with E-state index in [2.05, 4.69) is 99.5 Å². The van der Waals surface area contributed by atoms with E-state index in [0.29, 0.717) is 77.0 Å². The van der Waals surface area contributed by atoms with Crippen molar-refractivity contribution < 1.29 is 59.3 Å². The van der Waals surface area contributed by atoms with Crippen LogP contribution in [0.25, 0.3) is 10.4 Å². The molecule has 12 aliphatic rings. The fourth-order valence-electron chi connectivity index (χ4n) is 28.3. The second-order valence-electron chi connectivity index (χ2n) is 37.7. The van der Waals surface area contributed by atoms with E-state index in [1.165, 1.54) is 7.11 Å². The topological polar surface area (TPSA) is 313 Å². The predicted octanol–water partition coefficient (Wildman–Crippen LogP) is 10.9. The molecule has 19 heteroatoms. The number of nitrogens with zero attached hydrogens (tertiary/aromatic N) is 3. The number of methoxy groups -OCH3 is 1. The van der Waals surface area contributed by atoms with Crippen LogP contribution in [-0.4, -0.2) is 135 Å². The molecule has 12 fully saturated rings. The van der Waals surface area contributed by atoms with Crippen molar-refractivity contribution >= 4 is 29.6 Å². The number of carbonyl (C=O) groups excluding carboxylic acids is 5. The summed E-state index contributed by atoms with van der Waals surface area (Å²) in [6.07, 6.45) is 22.2. The lowest BCUT2D eigenvalue weighted by molar-refractivity contribution is -0.202. The van der Waals surface area contributed by atoms with Gasteiger partial charge in [-0.2, -0.15) is 0 Å². The van der Waals surface area contributed by atoms with Crippen molar-refractivity contribution in [3.63, 3.8) is 0 Å². The van der Waals surface area contributed by atoms with E-state index in [0.717, 1.165) is 89.9 Å². The molecule has 100 heavy (non-hydrogen) atoms. The van der Waals surface area contributed by atoms with Crippen molar-refractivity contribution in [1.82, 2.24) is 21.3 Å². The number of azide groups is 1. The Morgan fingerprint density at radius 3 is 1.33 bits per heavy atom. The van der Waals surface area contributed by atoms with Gasteiger partial charge >= 0.3 is 5.97 Å². The van der Waals surface area contributed by atoms with Gasteiger partial charge in [0.1, 0.15) is 6.04 Å². The average Bonchev–Trinajstić information content (AvgIpc) is 1.36. The molecule has 0 saturated heterocycles. The third-order valence-electron chi connectivity index (χ3n) is 33.9. The van der Waals surface area contributed by atoms with Gasteiger partial charge in [-0.25, -0.2) is 0 Å². The summed E-state index contributed by atoms with van der Waals surface area (Å²) in [6.45, 7) is 20.7. The van der Waals surface area contributed by atoms with Crippen molar-refractivity contribution in [1.29, 1.82) is 0 Å². The van der Waals surface area contributed by atoms with Crippen LogP contribution in [0.2, 0.25) is 0 Å². The zero-order chi connectivity index (χ0) is 71.9. The molecule has 10 N–H and O–H groups in total. The Hall–Kier alpha value is -4.02. The number of terminal acetylenes is 1. The molecule has 0 aromatic carbocycles. The molecule has 0 spiro atoms. The largest absolute Gasteiger partial charge is 0.469 e. The van der Waals surface area contributed by atoms with E-state index in [4.69, 9.17) is 11.2 Å². The number of aliphatic hydroxyl groups excluding tert-OH is 6. The monoisotopic (exact) mass is 1390 g/mol. The van der Waals surface area contributed by atoms with Crippen LogP contribution in [-0.2, 0) is 28.7 Å². The number of rotatable bonds is 21. The molecule has 0 aromatic heterocycles. The summed E-state index contributed by atoms with van der Waals surface area (Å²) in [6, 6.07) is -1.19. The SMILES string of the molecule is C#CCNC(=O)CC[C@@H](C)[C@H]1CC[C@H]2[C@@H]3[C@H](O)C[C@@H]4C[C@H](NC(=O)CC[C@@H](C)[C@H]5CC[C@H]6[C@@H]7[C@H](O)C[C@@H]8C[C@H](NC(=O)[C@H](CCC(=O)OC)NC(=O)CC[C@@H](C)[C@H]9CC[C@H]%10[C@@H]%11[C@H](O)C[C@@H]%12C[C@H](N=[N+]=[N-])CC[C@]%12(C)[C@H]%11C[C@H](O)[C@]9%10C)CC[C@]8(C)[C@H]7C[C@H](O)[C@]56C)CC[C@]4(C)[C@H]3C[C@H](O)[C@]12C. The Morgan fingerprint density at radius 2 is 0.910 bits per heavy atom. The molecule has 0 heterocycles. The maximum Gasteiger partial charge on any atom is 0.305 e. The van der Waals surface area contributed by atoms with Gasteiger partial charge in [0.2, 0.25) is 23.6 Å². The number of hydrogen-bond acceptors (Lipinski definition) is 13. The number of amides is 4. The van der Waals surface area contributed by atoms with Gasteiger partial charge in [0.25, 0.3) is 0 Å². The van der Waals surface area contributed by atoms with Gasteiger partial charge in [0, 0.05) is 48.7 Å². The summed E-state index contributed by atoms with van der Waals surface area (Å²) in [5, 5.41) is 90.3. The standard InChI is InChI=1S/C81H129N7O12/c1-12-33-83-68(95)23-13-43(2)52-16-19-55-72-58(40-65(92)79(52,55)8)76(5)30-27-49(34-46(76)37-62(72)89)84-69(96)24-14-44(3)53-17-20-56-73-59(41-66(93)80(53,56)9)77(6)31-28-50(35-47(77)38-63(73)90)85-75(99)61(22-26-71(98)100-11)86-70(97)25-15-45(4)54-18-21-57-74-60(42-67(94)81(54,57)10)78(7)32-29-51(87-88-82)36-48(78)39-64(74)91/h1,43-67,72-74,89-94H,13-42H2,2-11H3,(H,83,95)(H,84,96)(H,85,99)(H,86,97)/t43-,44-,45-,46+,47+,48+,49-,50-,51-,52-,53-,54-,55+,56+,57+,58+,59+,60+,61+,62-,63-,64-,65+,66+,67+,72+,73+,74+,76+,77+,78+,79-,80-,81-/m1/s1. The van der Waals surface area contributed by atoms with Crippen molar-refractivity contribution in [3.05, 3.63) is 10.4 Å². The van der Waals surface area contributed by atoms with E-state index in [-0.39, 0.29) is 196 Å². The molecule has 12 aliphatic carbocycles. The molecule has 0 aliphatic heterocycles. The number of aliphatic hydroxyl groups is 6. The minimum absolute atomic E-state index is 0.0256. The van der Waals surface area contributed by atoms with Gasteiger partial charge in [0.15, 0.2) is 0 Å². The van der Waals surface area contributed by atoms with Crippen molar-refractivity contribution in [2.75, 3.05) is 13.7 Å². The lowest BCUT2D eigenvalue weighted by Crippen LogP contribution is -2.63. The second kappa shape index (κ2) is 29.4. The number of hydrogen-bond donors (Lipinski definition) is 10. The minimum Gasteiger partial charge on any atom is -0.469 e. The summed E-state index contributed by atoms with van der Waals surface area (Å²) in [5.41, 5.74) is 7.78. The number of nitrogens with one attached hydrogen (secondary N) is 4. The molecule has 560 valence electrons. The quantitative estimate of drug-likeness (QED) is 0.0169. The fraction of sp³-hybridized carbons (Fsp3) is 0.914. The average molecular weight is 1390 g/mol. The molecule has 0 radical (unpaired) electrons. The fourth-order valence-corrected chi connectivity index (χ4v) is 28.3. The molecular weight excluding hydrogens is 1260 g/mol. The molecule has 34 atom stereocenters. The first kappa shape index (κ1) is 75.7. The van der Waals surface area contributed by atoms with Crippen LogP contribution in [0.4, 0.5) is 0 Å². The van der Waals surface area contributed by atoms with Crippen LogP contribution in [0.15, 0.2) is 5.11 Å². The zero-order valence-corrected chi connectivity index (χ0v) is 62.4. The third kappa shape index (κ3) is 13.2. The highest BCUT2D eigenvalue weighted by Crippen LogP contribution is 2.72. The van der Waals surface area contributed by atoms with E-state index in [9.17, 15) is 60.1 Å². The first-order valence-corrected chi connectivity index (χ1v) is 40.2. The van der Waals surface area contributed by atoms with E-state index < -0.39 is 59.5 Å². The molecular formula is C81H129N7O12. The molecule has 12 saturated carbocycles. The van der Waals surface area contributed by atoms with Crippen LogP contribution in [0.3, 0.4) is 0 Å². The lowest BCUT2D eigenvalue weighted by Gasteiger charge is -2.63. The first-order chi connectivity index (χ1) is 47.4. The molecule has 0 unspecified atom stereocenters. The number of carbonyl (C=O) groups is 5. The maximum absolute atomic E-state index is 14.5. The highest BCUT2D eigenvalue weighted by molar-refractivity contribution is 5.88. The molecule has 0 aromatic rings. The van der Waals surface area contributed by atoms with Gasteiger partial charge in [0.05, 0.1) is 50.3 Å². The van der Waals surface area contributed by atoms with Gasteiger partial charge in [-0.05, 0) is 305 Å². The smallest absolute Gasteiger partial charge is 0.305 e. The van der Waals surface area contributed by atoms with Crippen LogP contribution in [0, 0.1) is 151 Å². The van der Waals surface area contributed by atoms with Crippen LogP contribution < -0.4 is 21.3 Å². The highest BCUT2D eigenvalue weighted by Gasteiger charge is 2.70. The van der Waals surface area contributed by atoms with Gasteiger partial charge < -0.3 is 56.6 Å². The number of ether oxygens (including phenoxy) is 1. The zero-order valence-electron chi connectivity index (χ0n) is 62.4. The summed E-state index contributed by atoms with van der Waals surface area (Å²) >= 11 is 0. The van der Waals surface area contributed by atoms with E-state index in [1.54, 1.807) is 0 Å². The number of esters is 1. The maximum atomic E-state index is 14.5. The Kier molecular flexibility index (Phi) is 22.2. The molecule has 4 amide bonds. The molecule has 19 nitrogen and oxygen atoms in total. The third-order valence-corrected chi connectivity index (χ3v) is 33.9. The van der Waals surface area contributed by atoms with Crippen LogP contribution >= 0.6 is 0 Å². The predicted molar refractivity (Wildman–Crippen MR) is 381 cm³/mol. The first-order valence-electron chi connectivity index (χ1n) is 40.2. The van der Waals surface area contributed by atoms with E-state index in [1.807, 2.05) is 0 Å². The summed E-state index contributed by atoms with van der Waals surface area (Å²) in [7, 11) is 1.31. The summed E-state index contributed by atoms with van der Waals surface area (Å²) in [5.74, 6) is 4.32. The summed E-state index contributed by atoms with van der Waals surface area (Å²) in [4.78, 5) is 70.7. The van der Waals surface area contributed by atoms with Crippen molar-refractivity contribution in [2.45, 2.75) is 309 Å². The molecule has 12 rings (SSSR count). The summed E-state index contributed by atoms with van der Waals surface area (Å²) < 4.78 is 4.99. The normalized spacial score (nSPS) is 47.8. The van der Waals surface area contributed by atoms with Gasteiger partial charge in [-0.15, -0.1) is 6.42 Å². The Morgan fingerprint density at radius 1 is 0.510 bits per heavy atom. The van der Waals surface area contributed by atoms with Crippen molar-refractivity contribution in [3.8, 4) is 12.3 Å². The Bertz CT molecular complexity index is 3090. The van der Waals surface area contributed by atoms with E-state index >= 15 is 0 Å². The van der Waals surface area contributed by atoms with Crippen LogP contribution in [0.5, 0.6) is 0 Å². The van der Waals surface area contributed by atoms with Gasteiger partial charge in [-0.3, -0.25) is 24.0 Å². The minimum atomic E-state index is -0.960. The second-order valence-corrected chi connectivity index (χ2v) is 37.7. The van der Waals surface area contributed by atoms with Gasteiger partial charge in [-0.1, -0.05) is 73.3 Å². The van der Waals surface area contributed by atoms with Crippen LogP contribution in [0.1, 0.15) is 249 Å². The Labute approximate surface area is 597 Å². The lowest BCUT2D eigenvalue weighted by atomic mass is 9.43. The number of fused-ring (bicyclic) bond motifs is 15. The Balaban J connectivity index is 0.610. The van der Waals surface area contributed by atoms with Crippen molar-refractivity contribution in [2.24, 2.45) is 144 Å².